The lowest BCUT2D eigenvalue weighted by Crippen LogP contribution is -2.04. The van der Waals surface area contributed by atoms with E-state index in [9.17, 15) is 0 Å². The maximum absolute atomic E-state index is 4.25. The van der Waals surface area contributed by atoms with Crippen LogP contribution in [0.1, 0.15) is 0 Å². The van der Waals surface area contributed by atoms with Crippen molar-refractivity contribution in [2.24, 2.45) is 0 Å². The van der Waals surface area contributed by atoms with E-state index in [2.05, 4.69) is 49.4 Å². The molecule has 14 heavy (non-hydrogen) atoms. The third-order valence-corrected chi connectivity index (χ3v) is 4.61. The number of hydrogen-bond acceptors (Lipinski definition) is 2. The Hall–Kier alpha value is -0.330. The SMILES string of the molecule is C=P(C)(C)c1ccc(NC)c(SC)c1. The number of rotatable bonds is 3. The highest BCUT2D eigenvalue weighted by Crippen LogP contribution is 2.36. The molecule has 78 valence electrons. The van der Waals surface area contributed by atoms with Gasteiger partial charge in [-0.05, 0) is 37.0 Å². The molecule has 0 bridgehead atoms. The lowest BCUT2D eigenvalue weighted by molar-refractivity contribution is 1.40. The molecule has 1 N–H and O–H groups in total. The molecule has 0 aliphatic carbocycles. The Morgan fingerprint density at radius 2 is 2.00 bits per heavy atom. The van der Waals surface area contributed by atoms with Crippen molar-refractivity contribution >= 4 is 35.9 Å². The molecule has 0 aliphatic heterocycles. The summed E-state index contributed by atoms with van der Waals surface area (Å²) in [5.74, 6) is 0. The van der Waals surface area contributed by atoms with Gasteiger partial charge in [0.15, 0.2) is 0 Å². The zero-order valence-corrected chi connectivity index (χ0v) is 11.0. The van der Waals surface area contributed by atoms with Crippen LogP contribution in [-0.4, -0.2) is 32.9 Å². The van der Waals surface area contributed by atoms with E-state index in [1.807, 2.05) is 7.05 Å². The van der Waals surface area contributed by atoms with E-state index in [0.717, 1.165) is 0 Å². The van der Waals surface area contributed by atoms with Crippen molar-refractivity contribution in [1.82, 2.24) is 0 Å². The molecule has 1 aromatic rings. The fourth-order valence-corrected chi connectivity index (χ4v) is 2.94. The van der Waals surface area contributed by atoms with E-state index in [0.29, 0.717) is 0 Å². The summed E-state index contributed by atoms with van der Waals surface area (Å²) in [4.78, 5) is 1.31. The Balaban J connectivity index is 3.21. The average molecular weight is 227 g/mol. The number of nitrogens with one attached hydrogen (secondary N) is 1. The summed E-state index contributed by atoms with van der Waals surface area (Å²) >= 11 is 1.78. The van der Waals surface area contributed by atoms with E-state index in [1.54, 1.807) is 11.8 Å². The van der Waals surface area contributed by atoms with E-state index in [1.165, 1.54) is 15.9 Å². The highest BCUT2D eigenvalue weighted by atomic mass is 32.2. The Labute approximate surface area is 91.3 Å². The Kier molecular flexibility index (Phi) is 3.74. The van der Waals surface area contributed by atoms with E-state index in [-0.39, 0.29) is 0 Å². The van der Waals surface area contributed by atoms with Crippen molar-refractivity contribution in [3.05, 3.63) is 18.2 Å². The van der Waals surface area contributed by atoms with Gasteiger partial charge in [-0.1, -0.05) is 19.3 Å². The van der Waals surface area contributed by atoms with Gasteiger partial charge in [0, 0.05) is 17.6 Å². The largest absolute Gasteiger partial charge is 0.387 e. The molecule has 0 aliphatic rings. The molecule has 1 rings (SSSR count). The standard InChI is InChI=1S/C11H18NPS/c1-12-10-7-6-9(13(2,3)4)8-11(10)14-5/h6-8,12H,2H2,1,3-5H3. The van der Waals surface area contributed by atoms with Crippen LogP contribution in [0.25, 0.3) is 0 Å². The van der Waals surface area contributed by atoms with Gasteiger partial charge in [0.05, 0.1) is 0 Å². The molecule has 0 aromatic heterocycles. The maximum atomic E-state index is 4.25. The fraction of sp³-hybridized carbons (Fsp3) is 0.364. The fourth-order valence-electron chi connectivity index (χ4n) is 1.26. The first-order chi connectivity index (χ1) is 6.49. The first-order valence-electron chi connectivity index (χ1n) is 4.53. The van der Waals surface area contributed by atoms with Crippen LogP contribution in [-0.2, 0) is 0 Å². The van der Waals surface area contributed by atoms with Crippen molar-refractivity contribution in [2.75, 3.05) is 31.9 Å². The van der Waals surface area contributed by atoms with E-state index >= 15 is 0 Å². The summed E-state index contributed by atoms with van der Waals surface area (Å²) in [6.07, 6.45) is 6.36. The van der Waals surface area contributed by atoms with Crippen LogP contribution in [0.4, 0.5) is 5.69 Å². The van der Waals surface area contributed by atoms with Crippen molar-refractivity contribution < 1.29 is 0 Å². The molecular formula is C11H18NPS. The van der Waals surface area contributed by atoms with Crippen LogP contribution in [0.5, 0.6) is 0 Å². The quantitative estimate of drug-likeness (QED) is 0.629. The average Bonchev–Trinajstić information content (AvgIpc) is 2.15. The lowest BCUT2D eigenvalue weighted by Gasteiger charge is -2.16. The second-order valence-electron chi connectivity index (χ2n) is 3.82. The highest BCUT2D eigenvalue weighted by Gasteiger charge is 2.07. The summed E-state index contributed by atoms with van der Waals surface area (Å²) < 4.78 is 0. The van der Waals surface area contributed by atoms with Crippen LogP contribution >= 0.6 is 18.6 Å². The van der Waals surface area contributed by atoms with Gasteiger partial charge in [-0.2, -0.15) is 0 Å². The lowest BCUT2D eigenvalue weighted by atomic mass is 10.3. The van der Waals surface area contributed by atoms with Crippen molar-refractivity contribution in [3.63, 3.8) is 0 Å². The van der Waals surface area contributed by atoms with Crippen molar-refractivity contribution in [1.29, 1.82) is 0 Å². The molecule has 0 unspecified atom stereocenters. The van der Waals surface area contributed by atoms with Gasteiger partial charge in [-0.25, -0.2) is 0 Å². The Morgan fingerprint density at radius 1 is 1.36 bits per heavy atom. The minimum atomic E-state index is -1.13. The summed E-state index contributed by atoms with van der Waals surface area (Å²) in [6.45, 7) is 3.35. The van der Waals surface area contributed by atoms with Gasteiger partial charge in [0.25, 0.3) is 0 Å². The molecule has 0 amide bonds. The molecule has 1 aromatic carbocycles. The zero-order valence-electron chi connectivity index (χ0n) is 9.29. The van der Waals surface area contributed by atoms with Crippen LogP contribution < -0.4 is 10.6 Å². The first kappa shape index (κ1) is 11.7. The number of benzene rings is 1. The maximum Gasteiger partial charge on any atom is 0.0476 e. The summed E-state index contributed by atoms with van der Waals surface area (Å²) in [5, 5.41) is 4.59. The summed E-state index contributed by atoms with van der Waals surface area (Å²) in [5.41, 5.74) is 1.20. The molecule has 0 saturated carbocycles. The van der Waals surface area contributed by atoms with Crippen LogP contribution in [0.15, 0.2) is 23.1 Å². The van der Waals surface area contributed by atoms with Gasteiger partial charge in [0.1, 0.15) is 0 Å². The van der Waals surface area contributed by atoms with Crippen molar-refractivity contribution in [3.8, 4) is 0 Å². The third kappa shape index (κ3) is 2.59. The minimum absolute atomic E-state index is 1.13. The number of anilines is 1. The van der Waals surface area contributed by atoms with Crippen LogP contribution in [0, 0.1) is 0 Å². The smallest absolute Gasteiger partial charge is 0.0476 e. The van der Waals surface area contributed by atoms with Crippen LogP contribution in [0.2, 0.25) is 0 Å². The molecule has 0 heterocycles. The molecule has 0 fully saturated rings. The second kappa shape index (κ2) is 4.46. The normalized spacial score (nSPS) is 11.4. The molecule has 3 heteroatoms. The Morgan fingerprint density at radius 3 is 2.43 bits per heavy atom. The molecule has 0 atom stereocenters. The van der Waals surface area contributed by atoms with E-state index < -0.39 is 6.89 Å². The second-order valence-corrected chi connectivity index (χ2v) is 8.55. The van der Waals surface area contributed by atoms with Gasteiger partial charge in [0.2, 0.25) is 0 Å². The van der Waals surface area contributed by atoms with Crippen LogP contribution in [0.3, 0.4) is 0 Å². The molecule has 0 radical (unpaired) electrons. The topological polar surface area (TPSA) is 12.0 Å². The molecule has 0 spiro atoms. The van der Waals surface area contributed by atoms with Crippen molar-refractivity contribution in [2.45, 2.75) is 4.90 Å². The monoisotopic (exact) mass is 227 g/mol. The summed E-state index contributed by atoms with van der Waals surface area (Å²) in [6, 6.07) is 6.59. The number of hydrogen-bond donors (Lipinski definition) is 1. The molecular weight excluding hydrogens is 209 g/mol. The van der Waals surface area contributed by atoms with Gasteiger partial charge >= 0.3 is 0 Å². The first-order valence-corrected chi connectivity index (χ1v) is 8.63. The highest BCUT2D eigenvalue weighted by molar-refractivity contribution is 7.98. The number of thioether (sulfide) groups is 1. The van der Waals surface area contributed by atoms with Gasteiger partial charge in [-0.3, -0.25) is 0 Å². The zero-order chi connectivity index (χ0) is 10.8. The van der Waals surface area contributed by atoms with E-state index in [4.69, 9.17) is 0 Å². The predicted molar refractivity (Wildman–Crippen MR) is 73.3 cm³/mol. The summed E-state index contributed by atoms with van der Waals surface area (Å²) in [7, 11) is 1.96. The minimum Gasteiger partial charge on any atom is -0.387 e. The third-order valence-electron chi connectivity index (χ3n) is 2.15. The van der Waals surface area contributed by atoms with Gasteiger partial charge < -0.3 is 5.32 Å². The molecule has 1 nitrogen and oxygen atoms in total. The predicted octanol–water partition coefficient (Wildman–Crippen LogP) is 2.78. The van der Waals surface area contributed by atoms with Gasteiger partial charge in [-0.15, -0.1) is 11.8 Å². The molecule has 0 saturated heterocycles. The Bertz CT molecular complexity index is 368.